The van der Waals surface area contributed by atoms with Gasteiger partial charge in [0.2, 0.25) is 0 Å². The second kappa shape index (κ2) is 9.48. The maximum atomic E-state index is 13.1. The minimum atomic E-state index is -1.20. The van der Waals surface area contributed by atoms with Crippen LogP contribution in [0, 0.1) is 0 Å². The van der Waals surface area contributed by atoms with Crippen LogP contribution < -0.4 is 16.3 Å². The zero-order valence-electron chi connectivity index (χ0n) is 16.9. The van der Waals surface area contributed by atoms with Gasteiger partial charge in [-0.2, -0.15) is 10.2 Å². The van der Waals surface area contributed by atoms with Gasteiger partial charge >= 0.3 is 0 Å². The van der Waals surface area contributed by atoms with Gasteiger partial charge in [0.15, 0.2) is 6.04 Å². The predicted octanol–water partition coefficient (Wildman–Crippen LogP) is 2.54. The SMILES string of the molecule is O=C(N[C@H](C(=O)N/N=C/c1ccccc1)c1n[nH]c(=O)c2ccccc12)c1ccccc1. The third-order valence-electron chi connectivity index (χ3n) is 4.76. The molecule has 0 unspecified atom stereocenters. The zero-order chi connectivity index (χ0) is 22.3. The van der Waals surface area contributed by atoms with Crippen molar-refractivity contribution in [3.8, 4) is 0 Å². The molecule has 1 heterocycles. The molecular weight excluding hydrogens is 406 g/mol. The van der Waals surface area contributed by atoms with Crippen molar-refractivity contribution in [1.82, 2.24) is 20.9 Å². The summed E-state index contributed by atoms with van der Waals surface area (Å²) in [4.78, 5) is 38.0. The molecule has 0 fully saturated rings. The number of hydrazone groups is 1. The van der Waals surface area contributed by atoms with Gasteiger partial charge in [0.05, 0.1) is 11.6 Å². The highest BCUT2D eigenvalue weighted by molar-refractivity contribution is 5.99. The summed E-state index contributed by atoms with van der Waals surface area (Å²) in [5, 5.41) is 14.0. The summed E-state index contributed by atoms with van der Waals surface area (Å²) in [6, 6.07) is 23.3. The van der Waals surface area contributed by atoms with E-state index in [1.807, 2.05) is 30.3 Å². The number of carbonyl (C=O) groups excluding carboxylic acids is 2. The molecule has 0 saturated heterocycles. The highest BCUT2D eigenvalue weighted by Crippen LogP contribution is 2.20. The van der Waals surface area contributed by atoms with E-state index in [0.29, 0.717) is 16.3 Å². The summed E-state index contributed by atoms with van der Waals surface area (Å²) in [6.45, 7) is 0. The zero-order valence-corrected chi connectivity index (χ0v) is 16.9. The largest absolute Gasteiger partial charge is 0.335 e. The number of rotatable bonds is 6. The van der Waals surface area contributed by atoms with Gasteiger partial charge in [-0.1, -0.05) is 66.7 Å². The van der Waals surface area contributed by atoms with E-state index in [-0.39, 0.29) is 11.3 Å². The molecular formula is C24H19N5O3. The van der Waals surface area contributed by atoms with E-state index in [1.54, 1.807) is 54.6 Å². The van der Waals surface area contributed by atoms with Crippen LogP contribution in [0.4, 0.5) is 0 Å². The number of amides is 2. The van der Waals surface area contributed by atoms with Gasteiger partial charge in [0.25, 0.3) is 17.4 Å². The second-order valence-corrected chi connectivity index (χ2v) is 6.90. The Morgan fingerprint density at radius 1 is 0.875 bits per heavy atom. The third-order valence-corrected chi connectivity index (χ3v) is 4.76. The topological polar surface area (TPSA) is 116 Å². The maximum Gasteiger partial charge on any atom is 0.272 e. The van der Waals surface area contributed by atoms with Gasteiger partial charge in [-0.3, -0.25) is 14.4 Å². The Kier molecular flexibility index (Phi) is 6.12. The maximum absolute atomic E-state index is 13.1. The Balaban J connectivity index is 1.68. The molecule has 3 N–H and O–H groups in total. The average molecular weight is 425 g/mol. The minimum Gasteiger partial charge on any atom is -0.335 e. The van der Waals surface area contributed by atoms with E-state index in [0.717, 1.165) is 5.56 Å². The fourth-order valence-electron chi connectivity index (χ4n) is 3.19. The van der Waals surface area contributed by atoms with Gasteiger partial charge in [-0.25, -0.2) is 10.5 Å². The van der Waals surface area contributed by atoms with Crippen molar-refractivity contribution < 1.29 is 9.59 Å². The van der Waals surface area contributed by atoms with Crippen LogP contribution in [0.3, 0.4) is 0 Å². The minimum absolute atomic E-state index is 0.205. The molecule has 0 spiro atoms. The molecule has 2 amide bonds. The number of H-pyrrole nitrogens is 1. The van der Waals surface area contributed by atoms with E-state index >= 15 is 0 Å². The summed E-state index contributed by atoms with van der Waals surface area (Å²) in [5.74, 6) is -1.07. The van der Waals surface area contributed by atoms with Crippen LogP contribution in [0.15, 0.2) is 94.8 Å². The number of nitrogens with zero attached hydrogens (tertiary/aromatic N) is 2. The Morgan fingerprint density at radius 3 is 2.22 bits per heavy atom. The van der Waals surface area contributed by atoms with Crippen molar-refractivity contribution in [3.05, 3.63) is 112 Å². The number of aromatic amines is 1. The molecule has 0 radical (unpaired) electrons. The molecule has 4 aromatic rings. The third kappa shape index (κ3) is 4.59. The number of fused-ring (bicyclic) bond motifs is 1. The first kappa shape index (κ1) is 20.7. The molecule has 0 saturated carbocycles. The van der Waals surface area contributed by atoms with Crippen LogP contribution in [0.25, 0.3) is 10.8 Å². The first-order valence-electron chi connectivity index (χ1n) is 9.84. The lowest BCUT2D eigenvalue weighted by atomic mass is 10.0. The van der Waals surface area contributed by atoms with Gasteiger partial charge in [-0.05, 0) is 23.8 Å². The quantitative estimate of drug-likeness (QED) is 0.325. The smallest absolute Gasteiger partial charge is 0.272 e. The molecule has 158 valence electrons. The van der Waals surface area contributed by atoms with Crippen LogP contribution in [0.5, 0.6) is 0 Å². The highest BCUT2D eigenvalue weighted by Gasteiger charge is 2.27. The van der Waals surface area contributed by atoms with Crippen molar-refractivity contribution >= 4 is 28.8 Å². The summed E-state index contributed by atoms with van der Waals surface area (Å²) < 4.78 is 0. The van der Waals surface area contributed by atoms with Crippen molar-refractivity contribution in [1.29, 1.82) is 0 Å². The van der Waals surface area contributed by atoms with Crippen LogP contribution in [-0.2, 0) is 4.79 Å². The van der Waals surface area contributed by atoms with E-state index in [9.17, 15) is 14.4 Å². The summed E-state index contributed by atoms with van der Waals surface area (Å²) in [5.41, 5.74) is 3.44. The average Bonchev–Trinajstić information content (AvgIpc) is 2.84. The first-order valence-corrected chi connectivity index (χ1v) is 9.84. The molecule has 1 aromatic heterocycles. The molecule has 32 heavy (non-hydrogen) atoms. The fraction of sp³-hybridized carbons (Fsp3) is 0.0417. The van der Waals surface area contributed by atoms with Crippen LogP contribution in [-0.4, -0.2) is 28.2 Å². The normalized spacial score (nSPS) is 11.9. The van der Waals surface area contributed by atoms with Gasteiger partial charge in [-0.15, -0.1) is 0 Å². The van der Waals surface area contributed by atoms with E-state index < -0.39 is 17.9 Å². The van der Waals surface area contributed by atoms with E-state index in [2.05, 4.69) is 26.0 Å². The summed E-state index contributed by atoms with van der Waals surface area (Å²) >= 11 is 0. The molecule has 8 nitrogen and oxygen atoms in total. The Morgan fingerprint density at radius 2 is 1.50 bits per heavy atom. The first-order chi connectivity index (χ1) is 15.6. The molecule has 3 aromatic carbocycles. The summed E-state index contributed by atoms with van der Waals surface area (Å²) in [6.07, 6.45) is 1.49. The van der Waals surface area contributed by atoms with Crippen LogP contribution >= 0.6 is 0 Å². The second-order valence-electron chi connectivity index (χ2n) is 6.90. The number of carbonyl (C=O) groups is 2. The van der Waals surface area contributed by atoms with Crippen molar-refractivity contribution in [2.75, 3.05) is 0 Å². The van der Waals surface area contributed by atoms with Gasteiger partial charge in [0, 0.05) is 10.9 Å². The molecule has 8 heteroatoms. The number of benzene rings is 3. The lowest BCUT2D eigenvalue weighted by Crippen LogP contribution is -2.40. The highest BCUT2D eigenvalue weighted by atomic mass is 16.2. The Labute approximate surface area is 183 Å². The van der Waals surface area contributed by atoms with Crippen molar-refractivity contribution in [2.24, 2.45) is 5.10 Å². The van der Waals surface area contributed by atoms with Gasteiger partial charge in [0.1, 0.15) is 5.69 Å². The van der Waals surface area contributed by atoms with Crippen molar-refractivity contribution in [3.63, 3.8) is 0 Å². The summed E-state index contributed by atoms with van der Waals surface area (Å²) in [7, 11) is 0. The van der Waals surface area contributed by atoms with Gasteiger partial charge < -0.3 is 5.32 Å². The molecule has 4 rings (SSSR count). The molecule has 0 aliphatic rings. The monoisotopic (exact) mass is 425 g/mol. The number of hydrogen-bond donors (Lipinski definition) is 3. The fourth-order valence-corrected chi connectivity index (χ4v) is 3.19. The van der Waals surface area contributed by atoms with E-state index in [1.165, 1.54) is 6.21 Å². The Hall–Kier alpha value is -4.59. The standard InChI is InChI=1S/C24H19N5O3/c30-22(17-11-5-2-6-12-17)26-21(24(32)28-25-15-16-9-3-1-4-10-16)20-18-13-7-8-14-19(18)23(31)29-27-20/h1-15,21H,(H,26,30)(H,28,32)(H,29,31)/b25-15+/t21-/m0/s1. The molecule has 0 aliphatic carbocycles. The van der Waals surface area contributed by atoms with Crippen LogP contribution in [0.2, 0.25) is 0 Å². The number of hydrogen-bond acceptors (Lipinski definition) is 5. The number of nitrogens with one attached hydrogen (secondary N) is 3. The molecule has 1 atom stereocenters. The number of aromatic nitrogens is 2. The molecule has 0 bridgehead atoms. The lowest BCUT2D eigenvalue weighted by molar-refractivity contribution is -0.123. The molecule has 0 aliphatic heterocycles. The van der Waals surface area contributed by atoms with Crippen LogP contribution in [0.1, 0.15) is 27.7 Å². The lowest BCUT2D eigenvalue weighted by Gasteiger charge is -2.18. The predicted molar refractivity (Wildman–Crippen MR) is 121 cm³/mol. The van der Waals surface area contributed by atoms with Crippen molar-refractivity contribution in [2.45, 2.75) is 6.04 Å². The van der Waals surface area contributed by atoms with E-state index in [4.69, 9.17) is 0 Å². The Bertz CT molecular complexity index is 1330.